The van der Waals surface area contributed by atoms with Gasteiger partial charge in [-0.2, -0.15) is 5.10 Å². The summed E-state index contributed by atoms with van der Waals surface area (Å²) in [5, 5.41) is 15.7. The van der Waals surface area contributed by atoms with Crippen molar-refractivity contribution in [3.8, 4) is 16.9 Å². The Hall–Kier alpha value is -2.30. The second kappa shape index (κ2) is 5.14. The van der Waals surface area contributed by atoms with E-state index in [1.807, 2.05) is 32.0 Å². The maximum atomic E-state index is 11.2. The van der Waals surface area contributed by atoms with Crippen LogP contribution in [0.15, 0.2) is 18.2 Å². The average Bonchev–Trinajstić information content (AvgIpc) is 2.80. The number of hydrogen-bond donors (Lipinski definition) is 2. The molecule has 5 nitrogen and oxygen atoms in total. The molecule has 0 aliphatic carbocycles. The maximum Gasteiger partial charge on any atom is 0.357 e. The highest BCUT2D eigenvalue weighted by molar-refractivity contribution is 5.94. The van der Waals surface area contributed by atoms with Crippen molar-refractivity contribution >= 4 is 5.97 Å². The van der Waals surface area contributed by atoms with Crippen molar-refractivity contribution in [2.45, 2.75) is 20.3 Å². The van der Waals surface area contributed by atoms with Crippen molar-refractivity contribution in [3.05, 3.63) is 35.2 Å². The molecule has 0 amide bonds. The zero-order chi connectivity index (χ0) is 14.0. The van der Waals surface area contributed by atoms with E-state index in [1.54, 1.807) is 7.11 Å². The van der Waals surface area contributed by atoms with Crippen molar-refractivity contribution in [2.75, 3.05) is 7.11 Å². The zero-order valence-electron chi connectivity index (χ0n) is 11.2. The number of nitrogens with one attached hydrogen (secondary N) is 1. The first-order valence-corrected chi connectivity index (χ1v) is 6.04. The largest absolute Gasteiger partial charge is 0.496 e. The van der Waals surface area contributed by atoms with Crippen LogP contribution in [0.3, 0.4) is 0 Å². The Morgan fingerprint density at radius 2 is 2.21 bits per heavy atom. The Kier molecular flexibility index (Phi) is 3.55. The Balaban J connectivity index is 2.59. The van der Waals surface area contributed by atoms with Gasteiger partial charge in [-0.3, -0.25) is 5.10 Å². The molecule has 19 heavy (non-hydrogen) atoms. The summed E-state index contributed by atoms with van der Waals surface area (Å²) in [7, 11) is 1.62. The van der Waals surface area contributed by atoms with Crippen LogP contribution >= 0.6 is 0 Å². The highest BCUT2D eigenvalue weighted by Crippen LogP contribution is 2.30. The Labute approximate surface area is 111 Å². The number of benzene rings is 1. The van der Waals surface area contributed by atoms with E-state index < -0.39 is 5.97 Å². The minimum atomic E-state index is -1.03. The van der Waals surface area contributed by atoms with Gasteiger partial charge in [0, 0.05) is 11.3 Å². The second-order valence-electron chi connectivity index (χ2n) is 4.26. The molecule has 100 valence electrons. The lowest BCUT2D eigenvalue weighted by Crippen LogP contribution is -2.00. The van der Waals surface area contributed by atoms with Crippen LogP contribution in [0.4, 0.5) is 0 Å². The van der Waals surface area contributed by atoms with Gasteiger partial charge in [0.25, 0.3) is 0 Å². The monoisotopic (exact) mass is 260 g/mol. The lowest BCUT2D eigenvalue weighted by molar-refractivity contribution is 0.0691. The molecule has 0 spiro atoms. The van der Waals surface area contributed by atoms with Gasteiger partial charge in [0.2, 0.25) is 0 Å². The van der Waals surface area contributed by atoms with E-state index in [0.717, 1.165) is 29.0 Å². The van der Waals surface area contributed by atoms with Gasteiger partial charge >= 0.3 is 5.97 Å². The molecular formula is C14H16N2O3. The molecule has 0 saturated heterocycles. The number of aromatic nitrogens is 2. The van der Waals surface area contributed by atoms with Crippen LogP contribution in [0.1, 0.15) is 28.7 Å². The highest BCUT2D eigenvalue weighted by atomic mass is 16.5. The number of rotatable bonds is 4. The SMILES string of the molecule is CCc1cc(-c2c(C(=O)O)n[nH]c2C)ccc1OC. The van der Waals surface area contributed by atoms with Crippen LogP contribution in [0.2, 0.25) is 0 Å². The molecule has 5 heteroatoms. The van der Waals surface area contributed by atoms with Crippen LogP contribution in [-0.4, -0.2) is 28.4 Å². The van der Waals surface area contributed by atoms with Crippen LogP contribution < -0.4 is 4.74 Å². The Morgan fingerprint density at radius 3 is 2.79 bits per heavy atom. The quantitative estimate of drug-likeness (QED) is 0.886. The van der Waals surface area contributed by atoms with Crippen LogP contribution in [0.25, 0.3) is 11.1 Å². The summed E-state index contributed by atoms with van der Waals surface area (Å²) in [5.74, 6) is -0.225. The van der Waals surface area contributed by atoms with Gasteiger partial charge in [0.1, 0.15) is 5.75 Å². The normalized spacial score (nSPS) is 10.5. The van der Waals surface area contributed by atoms with E-state index in [0.29, 0.717) is 5.56 Å². The minimum absolute atomic E-state index is 0.0460. The predicted molar refractivity (Wildman–Crippen MR) is 71.7 cm³/mol. The molecule has 1 heterocycles. The molecule has 0 bridgehead atoms. The summed E-state index contributed by atoms with van der Waals surface area (Å²) in [6.45, 7) is 3.84. The highest BCUT2D eigenvalue weighted by Gasteiger charge is 2.19. The molecule has 0 radical (unpaired) electrons. The first-order chi connectivity index (χ1) is 9.08. The van der Waals surface area contributed by atoms with Gasteiger partial charge < -0.3 is 9.84 Å². The number of ether oxygens (including phenoxy) is 1. The predicted octanol–water partition coefficient (Wildman–Crippen LogP) is 2.65. The van der Waals surface area contributed by atoms with Crippen LogP contribution in [0, 0.1) is 6.92 Å². The third-order valence-corrected chi connectivity index (χ3v) is 3.10. The zero-order valence-corrected chi connectivity index (χ0v) is 11.2. The number of carboxylic acids is 1. The fourth-order valence-electron chi connectivity index (χ4n) is 2.15. The van der Waals surface area contributed by atoms with E-state index in [9.17, 15) is 4.79 Å². The van der Waals surface area contributed by atoms with Crippen molar-refractivity contribution < 1.29 is 14.6 Å². The Bertz CT molecular complexity index is 617. The number of nitrogens with zero attached hydrogens (tertiary/aromatic N) is 1. The van der Waals surface area contributed by atoms with E-state index in [2.05, 4.69) is 10.2 Å². The van der Waals surface area contributed by atoms with Crippen molar-refractivity contribution in [3.63, 3.8) is 0 Å². The van der Waals surface area contributed by atoms with Crippen LogP contribution in [0.5, 0.6) is 5.75 Å². The molecule has 2 rings (SSSR count). The lowest BCUT2D eigenvalue weighted by atomic mass is 9.99. The van der Waals surface area contributed by atoms with Crippen LogP contribution in [-0.2, 0) is 6.42 Å². The summed E-state index contributed by atoms with van der Waals surface area (Å²) in [6.07, 6.45) is 0.816. The first-order valence-electron chi connectivity index (χ1n) is 6.04. The number of aryl methyl sites for hydroxylation is 2. The number of carboxylic acid groups (broad SMARTS) is 1. The first kappa shape index (κ1) is 13.1. The molecule has 0 fully saturated rings. The topological polar surface area (TPSA) is 75.2 Å². The number of carbonyl (C=O) groups is 1. The van der Waals surface area contributed by atoms with Crippen molar-refractivity contribution in [1.82, 2.24) is 10.2 Å². The third kappa shape index (κ3) is 2.31. The molecule has 0 saturated carbocycles. The number of aromatic carboxylic acids is 1. The molecule has 0 aliphatic rings. The number of methoxy groups -OCH3 is 1. The molecule has 0 atom stereocenters. The summed E-state index contributed by atoms with van der Waals surface area (Å²) in [6, 6.07) is 5.65. The van der Waals surface area contributed by atoms with Crippen molar-refractivity contribution in [1.29, 1.82) is 0 Å². The summed E-state index contributed by atoms with van der Waals surface area (Å²) in [5.41, 5.74) is 3.29. The summed E-state index contributed by atoms with van der Waals surface area (Å²) < 4.78 is 5.28. The summed E-state index contributed by atoms with van der Waals surface area (Å²) >= 11 is 0. The van der Waals surface area contributed by atoms with Gasteiger partial charge in [0.05, 0.1) is 7.11 Å². The van der Waals surface area contributed by atoms with Gasteiger partial charge in [0.15, 0.2) is 5.69 Å². The van der Waals surface area contributed by atoms with E-state index in [4.69, 9.17) is 9.84 Å². The molecule has 2 aromatic rings. The summed E-state index contributed by atoms with van der Waals surface area (Å²) in [4.78, 5) is 11.2. The van der Waals surface area contributed by atoms with Gasteiger partial charge in [-0.15, -0.1) is 0 Å². The smallest absolute Gasteiger partial charge is 0.357 e. The number of H-pyrrole nitrogens is 1. The number of hydrogen-bond acceptors (Lipinski definition) is 3. The minimum Gasteiger partial charge on any atom is -0.496 e. The standard InChI is InChI=1S/C14H16N2O3/c1-4-9-7-10(5-6-11(9)19-3)12-8(2)15-16-13(12)14(17)18/h5-7H,4H2,1-3H3,(H,15,16)(H,17,18). The molecular weight excluding hydrogens is 244 g/mol. The second-order valence-corrected chi connectivity index (χ2v) is 4.26. The number of aromatic amines is 1. The molecule has 2 N–H and O–H groups in total. The van der Waals surface area contributed by atoms with E-state index >= 15 is 0 Å². The van der Waals surface area contributed by atoms with E-state index in [1.165, 1.54) is 0 Å². The van der Waals surface area contributed by atoms with Gasteiger partial charge in [-0.1, -0.05) is 13.0 Å². The van der Waals surface area contributed by atoms with E-state index in [-0.39, 0.29) is 5.69 Å². The average molecular weight is 260 g/mol. The fraction of sp³-hybridized carbons (Fsp3) is 0.286. The molecule has 0 unspecified atom stereocenters. The van der Waals surface area contributed by atoms with Crippen molar-refractivity contribution in [2.24, 2.45) is 0 Å². The maximum absolute atomic E-state index is 11.2. The fourth-order valence-corrected chi connectivity index (χ4v) is 2.15. The lowest BCUT2D eigenvalue weighted by Gasteiger charge is -2.09. The Morgan fingerprint density at radius 1 is 1.47 bits per heavy atom. The molecule has 1 aromatic carbocycles. The molecule has 0 aliphatic heterocycles. The van der Waals surface area contributed by atoms with Gasteiger partial charge in [-0.05, 0) is 36.6 Å². The van der Waals surface area contributed by atoms with Gasteiger partial charge in [-0.25, -0.2) is 4.79 Å². The molecule has 1 aromatic heterocycles. The third-order valence-electron chi connectivity index (χ3n) is 3.10.